The molecule has 2 aromatic rings. The van der Waals surface area contributed by atoms with E-state index < -0.39 is 0 Å². The lowest BCUT2D eigenvalue weighted by Crippen LogP contribution is -2.54. The fraction of sp³-hybridized carbons (Fsp3) is 0.435. The summed E-state index contributed by atoms with van der Waals surface area (Å²) in [6, 6.07) is 16.6. The molecule has 1 atom stereocenters. The molecule has 1 amide bonds. The van der Waals surface area contributed by atoms with E-state index in [2.05, 4.69) is 24.0 Å². The highest BCUT2D eigenvalue weighted by atomic mass is 35.5. The van der Waals surface area contributed by atoms with Crippen molar-refractivity contribution in [1.82, 2.24) is 4.90 Å². The van der Waals surface area contributed by atoms with Crippen LogP contribution in [0.25, 0.3) is 0 Å². The average Bonchev–Trinajstić information content (AvgIpc) is 2.62. The topological polar surface area (TPSA) is 23.6 Å². The summed E-state index contributed by atoms with van der Waals surface area (Å²) < 4.78 is 0. The number of amides is 1. The SMILES string of the molecule is CC1CN(c2cc(Cl)ccc2C2CCC2)CCN1C(=O)Cc1ccccc1. The summed E-state index contributed by atoms with van der Waals surface area (Å²) in [4.78, 5) is 17.3. The zero-order valence-corrected chi connectivity index (χ0v) is 16.7. The zero-order valence-electron chi connectivity index (χ0n) is 15.9. The number of carbonyl (C=O) groups is 1. The van der Waals surface area contributed by atoms with Crippen molar-refractivity contribution >= 4 is 23.2 Å². The summed E-state index contributed by atoms with van der Waals surface area (Å²) in [6.07, 6.45) is 4.36. The van der Waals surface area contributed by atoms with E-state index in [-0.39, 0.29) is 11.9 Å². The molecule has 1 aliphatic carbocycles. The predicted octanol–water partition coefficient (Wildman–Crippen LogP) is 4.89. The van der Waals surface area contributed by atoms with Crippen molar-refractivity contribution < 1.29 is 4.79 Å². The zero-order chi connectivity index (χ0) is 18.8. The van der Waals surface area contributed by atoms with Gasteiger partial charge in [0.1, 0.15) is 0 Å². The molecule has 4 heteroatoms. The molecular formula is C23H27ClN2O. The second-order valence-corrected chi connectivity index (χ2v) is 8.31. The number of benzene rings is 2. The van der Waals surface area contributed by atoms with Gasteiger partial charge in [-0.1, -0.05) is 54.4 Å². The second-order valence-electron chi connectivity index (χ2n) is 7.88. The Bertz CT molecular complexity index is 803. The summed E-state index contributed by atoms with van der Waals surface area (Å²) in [6.45, 7) is 4.65. The van der Waals surface area contributed by atoms with Crippen molar-refractivity contribution in [2.75, 3.05) is 24.5 Å². The monoisotopic (exact) mass is 382 g/mol. The number of hydrogen-bond acceptors (Lipinski definition) is 2. The van der Waals surface area contributed by atoms with E-state index >= 15 is 0 Å². The molecule has 2 fully saturated rings. The van der Waals surface area contributed by atoms with Gasteiger partial charge in [0.25, 0.3) is 0 Å². The molecule has 0 spiro atoms. The predicted molar refractivity (Wildman–Crippen MR) is 112 cm³/mol. The molecule has 1 aliphatic heterocycles. The number of halogens is 1. The van der Waals surface area contributed by atoms with Crippen LogP contribution >= 0.6 is 11.6 Å². The molecule has 2 aromatic carbocycles. The number of nitrogens with zero attached hydrogens (tertiary/aromatic N) is 2. The number of piperazine rings is 1. The van der Waals surface area contributed by atoms with Crippen LogP contribution in [0, 0.1) is 0 Å². The molecule has 4 rings (SSSR count). The molecule has 1 unspecified atom stereocenters. The third-order valence-corrected chi connectivity index (χ3v) is 6.26. The van der Waals surface area contributed by atoms with Gasteiger partial charge in [-0.05, 0) is 48.9 Å². The van der Waals surface area contributed by atoms with Crippen LogP contribution in [-0.4, -0.2) is 36.5 Å². The van der Waals surface area contributed by atoms with E-state index in [4.69, 9.17) is 11.6 Å². The molecule has 0 bridgehead atoms. The highest BCUT2D eigenvalue weighted by Crippen LogP contribution is 2.42. The van der Waals surface area contributed by atoms with Crippen LogP contribution < -0.4 is 4.90 Å². The molecule has 27 heavy (non-hydrogen) atoms. The summed E-state index contributed by atoms with van der Waals surface area (Å²) in [5.74, 6) is 0.893. The minimum absolute atomic E-state index is 0.197. The fourth-order valence-electron chi connectivity index (χ4n) is 4.27. The van der Waals surface area contributed by atoms with Crippen LogP contribution in [0.3, 0.4) is 0 Å². The Morgan fingerprint density at radius 2 is 1.89 bits per heavy atom. The van der Waals surface area contributed by atoms with Crippen molar-refractivity contribution in [1.29, 1.82) is 0 Å². The fourth-order valence-corrected chi connectivity index (χ4v) is 4.44. The van der Waals surface area contributed by atoms with Gasteiger partial charge in [-0.25, -0.2) is 0 Å². The van der Waals surface area contributed by atoms with Crippen LogP contribution in [0.5, 0.6) is 0 Å². The first kappa shape index (κ1) is 18.4. The van der Waals surface area contributed by atoms with Crippen molar-refractivity contribution in [3.8, 4) is 0 Å². The third-order valence-electron chi connectivity index (χ3n) is 6.02. The first-order valence-corrected chi connectivity index (χ1v) is 10.4. The van der Waals surface area contributed by atoms with E-state index in [1.54, 1.807) is 0 Å². The van der Waals surface area contributed by atoms with Crippen molar-refractivity contribution in [2.45, 2.75) is 44.6 Å². The number of rotatable bonds is 4. The van der Waals surface area contributed by atoms with Gasteiger partial charge in [0.2, 0.25) is 5.91 Å². The van der Waals surface area contributed by atoms with Crippen LogP contribution in [0.4, 0.5) is 5.69 Å². The van der Waals surface area contributed by atoms with Gasteiger partial charge in [0, 0.05) is 36.4 Å². The summed E-state index contributed by atoms with van der Waals surface area (Å²) in [5.41, 5.74) is 3.79. The summed E-state index contributed by atoms with van der Waals surface area (Å²) in [7, 11) is 0. The van der Waals surface area contributed by atoms with Gasteiger partial charge in [-0.2, -0.15) is 0 Å². The van der Waals surface area contributed by atoms with E-state index in [1.165, 1.54) is 30.5 Å². The Morgan fingerprint density at radius 1 is 1.11 bits per heavy atom. The number of carbonyl (C=O) groups excluding carboxylic acids is 1. The maximum atomic E-state index is 12.8. The van der Waals surface area contributed by atoms with E-state index in [9.17, 15) is 4.79 Å². The minimum atomic E-state index is 0.197. The number of hydrogen-bond donors (Lipinski definition) is 0. The van der Waals surface area contributed by atoms with Crippen LogP contribution in [0.2, 0.25) is 5.02 Å². The molecule has 1 saturated heterocycles. The van der Waals surface area contributed by atoms with E-state index in [1.807, 2.05) is 41.3 Å². The van der Waals surface area contributed by atoms with Crippen LogP contribution in [-0.2, 0) is 11.2 Å². The van der Waals surface area contributed by atoms with Crippen molar-refractivity contribution in [2.24, 2.45) is 0 Å². The second kappa shape index (κ2) is 7.93. The first-order chi connectivity index (χ1) is 13.1. The average molecular weight is 383 g/mol. The molecule has 0 N–H and O–H groups in total. The van der Waals surface area contributed by atoms with Gasteiger partial charge in [0.15, 0.2) is 0 Å². The lowest BCUT2D eigenvalue weighted by atomic mass is 9.79. The molecule has 0 aromatic heterocycles. The van der Waals surface area contributed by atoms with Gasteiger partial charge in [-0.15, -0.1) is 0 Å². The van der Waals surface area contributed by atoms with Gasteiger partial charge in [0.05, 0.1) is 6.42 Å². The molecule has 0 radical (unpaired) electrons. The largest absolute Gasteiger partial charge is 0.367 e. The highest BCUT2D eigenvalue weighted by molar-refractivity contribution is 6.30. The van der Waals surface area contributed by atoms with E-state index in [0.717, 1.165) is 30.2 Å². The Hall–Kier alpha value is -2.00. The number of anilines is 1. The molecule has 142 valence electrons. The highest BCUT2D eigenvalue weighted by Gasteiger charge is 2.30. The Morgan fingerprint density at radius 3 is 2.56 bits per heavy atom. The van der Waals surface area contributed by atoms with E-state index in [0.29, 0.717) is 12.3 Å². The lowest BCUT2D eigenvalue weighted by molar-refractivity contribution is -0.132. The molecule has 1 saturated carbocycles. The van der Waals surface area contributed by atoms with Gasteiger partial charge >= 0.3 is 0 Å². The smallest absolute Gasteiger partial charge is 0.227 e. The summed E-state index contributed by atoms with van der Waals surface area (Å²) >= 11 is 6.32. The summed E-state index contributed by atoms with van der Waals surface area (Å²) in [5, 5.41) is 0.795. The molecule has 1 heterocycles. The van der Waals surface area contributed by atoms with Crippen LogP contribution in [0.15, 0.2) is 48.5 Å². The third kappa shape index (κ3) is 3.98. The molecule has 3 nitrogen and oxygen atoms in total. The Labute approximate surface area is 166 Å². The Kier molecular flexibility index (Phi) is 5.40. The normalized spacial score (nSPS) is 20.4. The van der Waals surface area contributed by atoms with Crippen molar-refractivity contribution in [3.05, 3.63) is 64.7 Å². The quantitative estimate of drug-likeness (QED) is 0.751. The lowest BCUT2D eigenvalue weighted by Gasteiger charge is -2.43. The van der Waals surface area contributed by atoms with Gasteiger partial charge < -0.3 is 9.80 Å². The standard InChI is InChI=1S/C23H27ClN2O/c1-17-16-25(22-15-20(24)10-11-21(22)19-8-5-9-19)12-13-26(17)23(27)14-18-6-3-2-4-7-18/h2-4,6-7,10-11,15,17,19H,5,8-9,12-14,16H2,1H3. The maximum Gasteiger partial charge on any atom is 0.227 e. The Balaban J connectivity index is 1.46. The van der Waals surface area contributed by atoms with Crippen molar-refractivity contribution in [3.63, 3.8) is 0 Å². The molecular weight excluding hydrogens is 356 g/mol. The van der Waals surface area contributed by atoms with Crippen LogP contribution in [0.1, 0.15) is 43.2 Å². The minimum Gasteiger partial charge on any atom is -0.367 e. The first-order valence-electron chi connectivity index (χ1n) is 9.99. The van der Waals surface area contributed by atoms with Gasteiger partial charge in [-0.3, -0.25) is 4.79 Å². The maximum absolute atomic E-state index is 12.8. The molecule has 2 aliphatic rings.